The van der Waals surface area contributed by atoms with Gasteiger partial charge in [-0.25, -0.2) is 0 Å². The van der Waals surface area contributed by atoms with Crippen LogP contribution in [0.2, 0.25) is 0 Å². The van der Waals surface area contributed by atoms with Crippen molar-refractivity contribution in [2.24, 2.45) is 0 Å². The molecule has 0 bridgehead atoms. The quantitative estimate of drug-likeness (QED) is 0.784. The lowest BCUT2D eigenvalue weighted by atomic mass is 9.93. The number of hydrogen-bond donors (Lipinski definition) is 1. The van der Waals surface area contributed by atoms with Gasteiger partial charge >= 0.3 is 5.97 Å². The Morgan fingerprint density at radius 2 is 1.92 bits per heavy atom. The van der Waals surface area contributed by atoms with Crippen LogP contribution in [0.15, 0.2) is 24.7 Å². The molecule has 0 amide bonds. The van der Waals surface area contributed by atoms with E-state index < -0.39 is 0 Å². The van der Waals surface area contributed by atoms with Crippen molar-refractivity contribution in [1.29, 1.82) is 0 Å². The number of aryl methyl sites for hydroxylation is 2. The van der Waals surface area contributed by atoms with Crippen LogP contribution >= 0.6 is 0 Å². The molecule has 0 radical (unpaired) electrons. The molecule has 0 spiro atoms. The molecule has 1 unspecified atom stereocenters. The number of ether oxygens (including phenoxy) is 1. The summed E-state index contributed by atoms with van der Waals surface area (Å²) >= 11 is 0. The molecule has 2 rings (SSSR count). The Hall–Kier alpha value is -2.27. The molecule has 5 nitrogen and oxygen atoms in total. The first kappa shape index (κ1) is 19.1. The minimum atomic E-state index is -0.253. The normalized spacial score (nSPS) is 12.0. The van der Waals surface area contributed by atoms with Crippen LogP contribution in [0.5, 0.6) is 0 Å². The number of nitrogens with zero attached hydrogens (tertiary/aromatic N) is 2. The van der Waals surface area contributed by atoms with Crippen LogP contribution in [-0.2, 0) is 29.1 Å². The molecule has 0 aliphatic heterocycles. The number of esters is 1. The SMILES string of the molecule is CC(=O)OCc1c(C)cc(C)c(CNC(C)Cc2cnccn2)c1C. The Bertz CT molecular complexity index is 729. The average molecular weight is 341 g/mol. The highest BCUT2D eigenvalue weighted by molar-refractivity contribution is 5.66. The lowest BCUT2D eigenvalue weighted by molar-refractivity contribution is -0.142. The molecule has 1 aromatic heterocycles. The predicted octanol–water partition coefficient (Wildman–Crippen LogP) is 3.19. The van der Waals surface area contributed by atoms with E-state index in [0.29, 0.717) is 6.61 Å². The Labute approximate surface area is 149 Å². The van der Waals surface area contributed by atoms with Crippen molar-refractivity contribution in [2.45, 2.75) is 60.2 Å². The van der Waals surface area contributed by atoms with Gasteiger partial charge in [-0.2, -0.15) is 0 Å². The third kappa shape index (κ3) is 5.36. The fraction of sp³-hybridized carbons (Fsp3) is 0.450. The lowest BCUT2D eigenvalue weighted by Gasteiger charge is -2.20. The number of rotatable bonds is 7. The number of aromatic nitrogens is 2. The molecule has 0 saturated heterocycles. The van der Waals surface area contributed by atoms with Crippen molar-refractivity contribution in [3.05, 3.63) is 58.2 Å². The molecule has 5 heteroatoms. The highest BCUT2D eigenvalue weighted by Gasteiger charge is 2.13. The van der Waals surface area contributed by atoms with Crippen LogP contribution in [0, 0.1) is 20.8 Å². The average Bonchev–Trinajstić information content (AvgIpc) is 2.54. The minimum absolute atomic E-state index is 0.253. The number of carbonyl (C=O) groups is 1. The zero-order chi connectivity index (χ0) is 18.4. The molecular formula is C20H27N3O2. The number of benzene rings is 1. The second kappa shape index (κ2) is 8.72. The van der Waals surface area contributed by atoms with E-state index in [1.165, 1.54) is 23.6 Å². The molecular weight excluding hydrogens is 314 g/mol. The molecule has 0 aliphatic carbocycles. The highest BCUT2D eigenvalue weighted by atomic mass is 16.5. The van der Waals surface area contributed by atoms with E-state index in [2.05, 4.69) is 49.0 Å². The van der Waals surface area contributed by atoms with Crippen LogP contribution in [0.1, 0.15) is 47.4 Å². The maximum Gasteiger partial charge on any atom is 0.302 e. The van der Waals surface area contributed by atoms with Crippen molar-refractivity contribution in [3.63, 3.8) is 0 Å². The van der Waals surface area contributed by atoms with E-state index in [0.717, 1.165) is 29.8 Å². The van der Waals surface area contributed by atoms with Crippen molar-refractivity contribution in [3.8, 4) is 0 Å². The largest absolute Gasteiger partial charge is 0.461 e. The van der Waals surface area contributed by atoms with Crippen LogP contribution in [0.4, 0.5) is 0 Å². The second-order valence-electron chi connectivity index (χ2n) is 6.56. The van der Waals surface area contributed by atoms with Gasteiger partial charge in [0.25, 0.3) is 0 Å². The summed E-state index contributed by atoms with van der Waals surface area (Å²) in [5.41, 5.74) is 6.94. The maximum atomic E-state index is 11.1. The van der Waals surface area contributed by atoms with Gasteiger partial charge in [0, 0.05) is 44.5 Å². The number of nitrogens with one attached hydrogen (secondary N) is 1. The van der Waals surface area contributed by atoms with Gasteiger partial charge in [0.2, 0.25) is 0 Å². The van der Waals surface area contributed by atoms with E-state index >= 15 is 0 Å². The summed E-state index contributed by atoms with van der Waals surface area (Å²) in [7, 11) is 0. The van der Waals surface area contributed by atoms with Crippen LogP contribution in [-0.4, -0.2) is 22.0 Å². The number of hydrogen-bond acceptors (Lipinski definition) is 5. The predicted molar refractivity (Wildman–Crippen MR) is 98.2 cm³/mol. The molecule has 1 aromatic carbocycles. The van der Waals surface area contributed by atoms with Crippen molar-refractivity contribution in [2.75, 3.05) is 0 Å². The zero-order valence-electron chi connectivity index (χ0n) is 15.7. The number of carbonyl (C=O) groups excluding carboxylic acids is 1. The monoisotopic (exact) mass is 341 g/mol. The Morgan fingerprint density at radius 1 is 1.20 bits per heavy atom. The first-order chi connectivity index (χ1) is 11.9. The Kier molecular flexibility index (Phi) is 6.65. The van der Waals surface area contributed by atoms with Crippen LogP contribution in [0.25, 0.3) is 0 Å². The third-order valence-corrected chi connectivity index (χ3v) is 4.47. The summed E-state index contributed by atoms with van der Waals surface area (Å²) in [6.07, 6.45) is 6.04. The van der Waals surface area contributed by atoms with E-state index in [-0.39, 0.29) is 12.0 Å². The molecule has 0 aliphatic rings. The van der Waals surface area contributed by atoms with Crippen molar-refractivity contribution < 1.29 is 9.53 Å². The first-order valence-electron chi connectivity index (χ1n) is 8.58. The van der Waals surface area contributed by atoms with Gasteiger partial charge in [-0.1, -0.05) is 6.07 Å². The zero-order valence-corrected chi connectivity index (χ0v) is 15.7. The van der Waals surface area contributed by atoms with Gasteiger partial charge in [0.05, 0.1) is 5.69 Å². The Morgan fingerprint density at radius 3 is 2.56 bits per heavy atom. The van der Waals surface area contributed by atoms with Crippen molar-refractivity contribution in [1.82, 2.24) is 15.3 Å². The molecule has 1 atom stereocenters. The molecule has 134 valence electrons. The fourth-order valence-corrected chi connectivity index (χ4v) is 3.04. The van der Waals surface area contributed by atoms with Crippen LogP contribution in [0.3, 0.4) is 0 Å². The first-order valence-corrected chi connectivity index (χ1v) is 8.58. The molecule has 1 heterocycles. The van der Waals surface area contributed by atoms with E-state index in [9.17, 15) is 4.79 Å². The Balaban J connectivity index is 2.07. The lowest BCUT2D eigenvalue weighted by Crippen LogP contribution is -2.28. The summed E-state index contributed by atoms with van der Waals surface area (Å²) in [5.74, 6) is -0.253. The minimum Gasteiger partial charge on any atom is -0.461 e. The summed E-state index contributed by atoms with van der Waals surface area (Å²) in [6.45, 7) is 11.0. The molecule has 1 N–H and O–H groups in total. The van der Waals surface area contributed by atoms with Gasteiger partial charge < -0.3 is 10.1 Å². The summed E-state index contributed by atoms with van der Waals surface area (Å²) in [4.78, 5) is 19.6. The highest BCUT2D eigenvalue weighted by Crippen LogP contribution is 2.23. The molecule has 0 saturated carbocycles. The van der Waals surface area contributed by atoms with Gasteiger partial charge in [0.1, 0.15) is 6.61 Å². The van der Waals surface area contributed by atoms with Crippen molar-refractivity contribution >= 4 is 5.97 Å². The maximum absolute atomic E-state index is 11.1. The van der Waals surface area contributed by atoms with Crippen LogP contribution < -0.4 is 5.32 Å². The topological polar surface area (TPSA) is 64.1 Å². The summed E-state index contributed by atoms with van der Waals surface area (Å²) in [5, 5.41) is 3.57. The summed E-state index contributed by atoms with van der Waals surface area (Å²) in [6, 6.07) is 2.45. The molecule has 25 heavy (non-hydrogen) atoms. The van der Waals surface area contributed by atoms with Gasteiger partial charge in [-0.3, -0.25) is 14.8 Å². The van der Waals surface area contributed by atoms with Gasteiger partial charge in [-0.15, -0.1) is 0 Å². The van der Waals surface area contributed by atoms with Gasteiger partial charge in [-0.05, 0) is 55.5 Å². The van der Waals surface area contributed by atoms with E-state index in [1.807, 2.05) is 0 Å². The standard InChI is InChI=1S/C20H27N3O2/c1-13-8-14(2)20(12-25-17(5)24)16(4)19(13)11-23-15(3)9-18-10-21-6-7-22-18/h6-8,10,15,23H,9,11-12H2,1-5H3. The van der Waals surface area contributed by atoms with E-state index in [4.69, 9.17) is 4.74 Å². The van der Waals surface area contributed by atoms with E-state index in [1.54, 1.807) is 18.6 Å². The van der Waals surface area contributed by atoms with Gasteiger partial charge in [0.15, 0.2) is 0 Å². The third-order valence-electron chi connectivity index (χ3n) is 4.47. The molecule has 2 aromatic rings. The smallest absolute Gasteiger partial charge is 0.302 e. The fourth-order valence-electron chi connectivity index (χ4n) is 3.04. The molecule has 0 fully saturated rings. The summed E-state index contributed by atoms with van der Waals surface area (Å²) < 4.78 is 5.21. The second-order valence-corrected chi connectivity index (χ2v) is 6.56.